The molecule has 0 bridgehead atoms. The highest BCUT2D eigenvalue weighted by Gasteiger charge is 2.09. The van der Waals surface area contributed by atoms with E-state index in [1.54, 1.807) is 11.3 Å². The van der Waals surface area contributed by atoms with Crippen LogP contribution in [0, 0.1) is 13.8 Å². The molecule has 20 heavy (non-hydrogen) atoms. The minimum atomic E-state index is 0.765. The van der Waals surface area contributed by atoms with Crippen LogP contribution in [0.3, 0.4) is 0 Å². The molecule has 0 fully saturated rings. The van der Waals surface area contributed by atoms with Gasteiger partial charge in [-0.15, -0.1) is 11.3 Å². The first-order chi connectivity index (χ1) is 9.65. The van der Waals surface area contributed by atoms with E-state index in [9.17, 15) is 0 Å². The van der Waals surface area contributed by atoms with Crippen LogP contribution < -0.4 is 5.32 Å². The van der Waals surface area contributed by atoms with Gasteiger partial charge in [0.05, 0.1) is 11.6 Å². The smallest absolute Gasteiger partial charge is 0.0642 e. The molecule has 3 heteroatoms. The van der Waals surface area contributed by atoms with Crippen LogP contribution in [0.15, 0.2) is 42.5 Å². The molecule has 1 nitrogen and oxygen atoms in total. The van der Waals surface area contributed by atoms with Crippen molar-refractivity contribution in [2.75, 3.05) is 5.32 Å². The van der Waals surface area contributed by atoms with Crippen LogP contribution >= 0.6 is 22.9 Å². The Morgan fingerprint density at radius 1 is 1.05 bits per heavy atom. The zero-order chi connectivity index (χ0) is 14.1. The van der Waals surface area contributed by atoms with Gasteiger partial charge in [0.2, 0.25) is 0 Å². The molecule has 1 N–H and O–H groups in total. The summed E-state index contributed by atoms with van der Waals surface area (Å²) in [5.41, 5.74) is 3.76. The second-order valence-electron chi connectivity index (χ2n) is 4.99. The first-order valence-corrected chi connectivity index (χ1v) is 7.81. The highest BCUT2D eigenvalue weighted by atomic mass is 35.5. The molecule has 0 radical (unpaired) electrons. The van der Waals surface area contributed by atoms with Crippen LogP contribution in [0.1, 0.15) is 16.0 Å². The summed E-state index contributed by atoms with van der Waals surface area (Å²) in [7, 11) is 0. The molecule has 0 aliphatic heterocycles. The quantitative estimate of drug-likeness (QED) is 0.646. The number of benzene rings is 2. The van der Waals surface area contributed by atoms with E-state index in [1.165, 1.54) is 20.7 Å². The Labute approximate surface area is 128 Å². The second-order valence-corrected chi connectivity index (χ2v) is 6.50. The minimum absolute atomic E-state index is 0.765. The summed E-state index contributed by atoms with van der Waals surface area (Å²) in [4.78, 5) is 1.19. The molecule has 0 saturated heterocycles. The number of hydrogen-bond donors (Lipinski definition) is 1. The van der Waals surface area contributed by atoms with E-state index in [0.717, 1.165) is 22.6 Å². The molecule has 0 spiro atoms. The van der Waals surface area contributed by atoms with Gasteiger partial charge < -0.3 is 5.32 Å². The number of nitrogens with one attached hydrogen (secondary N) is 1. The number of fused-ring (bicyclic) bond motifs is 1. The van der Waals surface area contributed by atoms with Gasteiger partial charge in [0, 0.05) is 20.7 Å². The topological polar surface area (TPSA) is 12.0 Å². The molecule has 0 amide bonds. The number of thiophene rings is 1. The van der Waals surface area contributed by atoms with Gasteiger partial charge in [-0.1, -0.05) is 35.9 Å². The van der Waals surface area contributed by atoms with Crippen molar-refractivity contribution in [2.45, 2.75) is 20.4 Å². The van der Waals surface area contributed by atoms with Gasteiger partial charge in [0.15, 0.2) is 0 Å². The van der Waals surface area contributed by atoms with E-state index in [0.29, 0.717) is 0 Å². The number of anilines is 1. The van der Waals surface area contributed by atoms with E-state index < -0.39 is 0 Å². The van der Waals surface area contributed by atoms with Gasteiger partial charge in [-0.25, -0.2) is 0 Å². The third-order valence-corrected chi connectivity index (χ3v) is 5.28. The van der Waals surface area contributed by atoms with Crippen molar-refractivity contribution in [1.29, 1.82) is 0 Å². The molecule has 0 aliphatic rings. The fourth-order valence-corrected chi connectivity index (χ4v) is 3.65. The lowest BCUT2D eigenvalue weighted by molar-refractivity contribution is 1.18. The van der Waals surface area contributed by atoms with Gasteiger partial charge in [-0.2, -0.15) is 0 Å². The van der Waals surface area contributed by atoms with E-state index in [4.69, 9.17) is 11.6 Å². The molecule has 3 rings (SSSR count). The molecule has 1 aromatic heterocycles. The molecule has 1 heterocycles. The highest BCUT2D eigenvalue weighted by molar-refractivity contribution is 7.19. The maximum atomic E-state index is 6.45. The van der Waals surface area contributed by atoms with Crippen LogP contribution in [0.2, 0.25) is 5.02 Å². The Bertz CT molecular complexity index is 761. The largest absolute Gasteiger partial charge is 0.380 e. The normalized spacial score (nSPS) is 10.9. The average Bonchev–Trinajstić information content (AvgIpc) is 2.77. The Hall–Kier alpha value is -1.51. The van der Waals surface area contributed by atoms with Crippen molar-refractivity contribution >= 4 is 38.7 Å². The SMILES string of the molecule is Cc1ccc(NCc2sc3ccccc3c2Cl)cc1C. The molecule has 0 saturated carbocycles. The van der Waals surface area contributed by atoms with Crippen molar-refractivity contribution in [1.82, 2.24) is 0 Å². The first-order valence-electron chi connectivity index (χ1n) is 6.62. The van der Waals surface area contributed by atoms with Crippen LogP contribution in [0.25, 0.3) is 10.1 Å². The van der Waals surface area contributed by atoms with Gasteiger partial charge in [-0.05, 0) is 43.2 Å². The summed E-state index contributed by atoms with van der Waals surface area (Å²) in [5.74, 6) is 0. The number of aryl methyl sites for hydroxylation is 2. The zero-order valence-corrected chi connectivity index (χ0v) is 13.1. The highest BCUT2D eigenvalue weighted by Crippen LogP contribution is 2.35. The van der Waals surface area contributed by atoms with E-state index in [1.807, 2.05) is 6.07 Å². The zero-order valence-electron chi connectivity index (χ0n) is 11.5. The molecule has 0 unspecified atom stereocenters. The van der Waals surface area contributed by atoms with Crippen molar-refractivity contribution in [3.63, 3.8) is 0 Å². The van der Waals surface area contributed by atoms with Gasteiger partial charge in [0.25, 0.3) is 0 Å². The van der Waals surface area contributed by atoms with Crippen LogP contribution in [0.4, 0.5) is 5.69 Å². The van der Waals surface area contributed by atoms with Crippen molar-refractivity contribution < 1.29 is 0 Å². The summed E-state index contributed by atoms with van der Waals surface area (Å²) < 4.78 is 1.24. The summed E-state index contributed by atoms with van der Waals surface area (Å²) >= 11 is 8.21. The summed E-state index contributed by atoms with van der Waals surface area (Å²) in [5, 5.41) is 5.48. The fourth-order valence-electron chi connectivity index (χ4n) is 2.21. The number of rotatable bonds is 3. The Morgan fingerprint density at radius 3 is 2.60 bits per heavy atom. The Balaban J connectivity index is 1.83. The van der Waals surface area contributed by atoms with Gasteiger partial charge in [-0.3, -0.25) is 0 Å². The van der Waals surface area contributed by atoms with Crippen molar-refractivity contribution in [3.05, 3.63) is 63.5 Å². The molecule has 3 aromatic rings. The van der Waals surface area contributed by atoms with Gasteiger partial charge >= 0.3 is 0 Å². The third-order valence-electron chi connectivity index (χ3n) is 3.56. The molecule has 2 aromatic carbocycles. The predicted octanol–water partition coefficient (Wildman–Crippen LogP) is 5.78. The van der Waals surface area contributed by atoms with Crippen LogP contribution in [-0.4, -0.2) is 0 Å². The second kappa shape index (κ2) is 5.47. The third kappa shape index (κ3) is 2.54. The standard InChI is InChI=1S/C17H16ClNS/c1-11-7-8-13(9-12(11)2)19-10-16-17(18)14-5-3-4-6-15(14)20-16/h3-9,19H,10H2,1-2H3. The molecule has 102 valence electrons. The predicted molar refractivity (Wildman–Crippen MR) is 90.1 cm³/mol. The van der Waals surface area contributed by atoms with Gasteiger partial charge in [0.1, 0.15) is 0 Å². The monoisotopic (exact) mass is 301 g/mol. The minimum Gasteiger partial charge on any atom is -0.380 e. The Kier molecular flexibility index (Phi) is 3.68. The van der Waals surface area contributed by atoms with E-state index >= 15 is 0 Å². The Morgan fingerprint density at radius 2 is 1.85 bits per heavy atom. The van der Waals surface area contributed by atoms with E-state index in [2.05, 4.69) is 55.6 Å². The average molecular weight is 302 g/mol. The number of hydrogen-bond acceptors (Lipinski definition) is 2. The molecular weight excluding hydrogens is 286 g/mol. The fraction of sp³-hybridized carbons (Fsp3) is 0.176. The molecular formula is C17H16ClNS. The number of halogens is 1. The van der Waals surface area contributed by atoms with Crippen molar-refractivity contribution in [3.8, 4) is 0 Å². The summed E-state index contributed by atoms with van der Waals surface area (Å²) in [6.45, 7) is 5.02. The lowest BCUT2D eigenvalue weighted by Crippen LogP contribution is -1.98. The molecule has 0 atom stereocenters. The van der Waals surface area contributed by atoms with Crippen LogP contribution in [-0.2, 0) is 6.54 Å². The maximum Gasteiger partial charge on any atom is 0.0642 e. The summed E-state index contributed by atoms with van der Waals surface area (Å²) in [6.07, 6.45) is 0. The summed E-state index contributed by atoms with van der Waals surface area (Å²) in [6, 6.07) is 14.7. The first kappa shape index (κ1) is 13.5. The van der Waals surface area contributed by atoms with Crippen LogP contribution in [0.5, 0.6) is 0 Å². The van der Waals surface area contributed by atoms with Crippen molar-refractivity contribution in [2.24, 2.45) is 0 Å². The molecule has 0 aliphatic carbocycles. The van der Waals surface area contributed by atoms with E-state index in [-0.39, 0.29) is 0 Å². The lowest BCUT2D eigenvalue weighted by Gasteiger charge is -2.08. The lowest BCUT2D eigenvalue weighted by atomic mass is 10.1. The maximum absolute atomic E-state index is 6.45.